The van der Waals surface area contributed by atoms with Crippen LogP contribution in [0.25, 0.3) is 82.1 Å². The molecule has 9 rings (SSSR count). The Morgan fingerprint density at radius 1 is 0.571 bits per heavy atom. The van der Waals surface area contributed by atoms with E-state index in [0.717, 1.165) is 49.3 Å². The Labute approximate surface area is 247 Å². The van der Waals surface area contributed by atoms with Gasteiger partial charge >= 0.3 is 0 Å². The first kappa shape index (κ1) is 23.6. The molecule has 42 heavy (non-hydrogen) atoms. The van der Waals surface area contributed by atoms with Gasteiger partial charge in [-0.1, -0.05) is 96.5 Å². The molecule has 0 N–H and O–H groups in total. The van der Waals surface area contributed by atoms with E-state index < -0.39 is 0 Å². The van der Waals surface area contributed by atoms with Gasteiger partial charge in [-0.15, -0.1) is 0 Å². The predicted octanol–water partition coefficient (Wildman–Crippen LogP) is 11.6. The van der Waals surface area contributed by atoms with Crippen molar-refractivity contribution in [3.8, 4) is 16.8 Å². The fourth-order valence-corrected chi connectivity index (χ4v) is 7.18. The molecule has 3 heteroatoms. The lowest BCUT2D eigenvalue weighted by Crippen LogP contribution is -1.95. The highest BCUT2D eigenvalue weighted by atomic mass is 35.5. The number of para-hydroxylation sites is 1. The molecule has 0 aliphatic rings. The Morgan fingerprint density at radius 3 is 2.14 bits per heavy atom. The van der Waals surface area contributed by atoms with Crippen molar-refractivity contribution in [3.05, 3.63) is 138 Å². The first-order valence-corrected chi connectivity index (χ1v) is 14.6. The monoisotopic (exact) mass is 557 g/mol. The minimum Gasteiger partial charge on any atom is -0.456 e. The van der Waals surface area contributed by atoms with Gasteiger partial charge in [-0.25, -0.2) is 0 Å². The summed E-state index contributed by atoms with van der Waals surface area (Å²) in [6, 6.07) is 45.4. The third-order valence-corrected chi connectivity index (χ3v) is 8.85. The Kier molecular flexibility index (Phi) is 4.91. The van der Waals surface area contributed by atoms with Gasteiger partial charge in [-0.05, 0) is 76.2 Å². The molecule has 0 unspecified atom stereocenters. The number of fused-ring (bicyclic) bond motifs is 10. The summed E-state index contributed by atoms with van der Waals surface area (Å²) >= 11 is 6.60. The van der Waals surface area contributed by atoms with Crippen molar-refractivity contribution in [2.75, 3.05) is 0 Å². The van der Waals surface area contributed by atoms with E-state index in [2.05, 4.69) is 121 Å². The van der Waals surface area contributed by atoms with Gasteiger partial charge in [0.25, 0.3) is 0 Å². The standard InChI is InChI=1S/C39H24ClNO/c1-23-18-25(20-26(40)19-23)34-22-35-38(32-12-5-4-10-29(32)34)33-16-14-24-8-2-3-9-28(24)39(33)41(35)27-15-17-31-30-11-6-7-13-36(30)42-37(31)21-27/h2-22H,1H3. The molecular formula is C39H24ClNO. The Hall–Kier alpha value is -5.05. The smallest absolute Gasteiger partial charge is 0.137 e. The minimum absolute atomic E-state index is 0.746. The number of aromatic nitrogens is 1. The molecule has 9 aromatic rings. The zero-order valence-corrected chi connectivity index (χ0v) is 23.6. The van der Waals surface area contributed by atoms with E-state index in [1.807, 2.05) is 18.2 Å². The van der Waals surface area contributed by atoms with E-state index >= 15 is 0 Å². The Balaban J connectivity index is 1.49. The van der Waals surface area contributed by atoms with Crippen molar-refractivity contribution >= 4 is 76.9 Å². The Morgan fingerprint density at radius 2 is 1.29 bits per heavy atom. The van der Waals surface area contributed by atoms with Crippen molar-refractivity contribution in [1.29, 1.82) is 0 Å². The van der Waals surface area contributed by atoms with E-state index in [0.29, 0.717) is 0 Å². The molecule has 0 bridgehead atoms. The van der Waals surface area contributed by atoms with Crippen LogP contribution in [0.5, 0.6) is 0 Å². The molecule has 2 aromatic heterocycles. The zero-order chi connectivity index (χ0) is 27.9. The second kappa shape index (κ2) is 8.72. The molecule has 198 valence electrons. The molecule has 2 nitrogen and oxygen atoms in total. The third-order valence-electron chi connectivity index (χ3n) is 8.63. The molecule has 2 heterocycles. The molecule has 7 aromatic carbocycles. The lowest BCUT2D eigenvalue weighted by molar-refractivity contribution is 0.668. The van der Waals surface area contributed by atoms with Crippen molar-refractivity contribution < 1.29 is 4.42 Å². The lowest BCUT2D eigenvalue weighted by Gasteiger charge is -2.13. The van der Waals surface area contributed by atoms with Gasteiger partial charge < -0.3 is 8.98 Å². The highest BCUT2D eigenvalue weighted by molar-refractivity contribution is 6.31. The normalized spacial score (nSPS) is 12.0. The van der Waals surface area contributed by atoms with Crippen molar-refractivity contribution in [3.63, 3.8) is 0 Å². The first-order valence-electron chi connectivity index (χ1n) is 14.2. The van der Waals surface area contributed by atoms with Gasteiger partial charge in [0.05, 0.1) is 11.0 Å². The quantitative estimate of drug-likeness (QED) is 0.207. The van der Waals surface area contributed by atoms with Gasteiger partial charge in [0, 0.05) is 43.7 Å². The SMILES string of the molecule is Cc1cc(Cl)cc(-c2cc3c(c4ccccc24)c2ccc4ccccc4c2n3-c2ccc3c(c2)oc2ccccc23)c1. The van der Waals surface area contributed by atoms with Gasteiger partial charge in [-0.3, -0.25) is 0 Å². The maximum absolute atomic E-state index is 6.60. The van der Waals surface area contributed by atoms with Crippen LogP contribution in [-0.2, 0) is 0 Å². The van der Waals surface area contributed by atoms with Gasteiger partial charge in [0.2, 0.25) is 0 Å². The zero-order valence-electron chi connectivity index (χ0n) is 22.9. The lowest BCUT2D eigenvalue weighted by atomic mass is 9.94. The largest absolute Gasteiger partial charge is 0.456 e. The molecule has 0 radical (unpaired) electrons. The second-order valence-corrected chi connectivity index (χ2v) is 11.6. The fraction of sp³-hybridized carbons (Fsp3) is 0.0256. The van der Waals surface area contributed by atoms with Crippen LogP contribution >= 0.6 is 11.6 Å². The van der Waals surface area contributed by atoms with Crippen LogP contribution in [0.4, 0.5) is 0 Å². The summed E-state index contributed by atoms with van der Waals surface area (Å²) in [5.41, 5.74) is 8.64. The summed E-state index contributed by atoms with van der Waals surface area (Å²) in [7, 11) is 0. The van der Waals surface area contributed by atoms with Gasteiger partial charge in [0.15, 0.2) is 0 Å². The highest BCUT2D eigenvalue weighted by Crippen LogP contribution is 2.44. The molecule has 0 aliphatic heterocycles. The topological polar surface area (TPSA) is 18.1 Å². The van der Waals surface area contributed by atoms with Crippen molar-refractivity contribution in [2.45, 2.75) is 6.92 Å². The van der Waals surface area contributed by atoms with Gasteiger partial charge in [0.1, 0.15) is 11.2 Å². The summed E-state index contributed by atoms with van der Waals surface area (Å²) in [6.45, 7) is 2.10. The first-order chi connectivity index (χ1) is 20.6. The summed E-state index contributed by atoms with van der Waals surface area (Å²) in [4.78, 5) is 0. The van der Waals surface area contributed by atoms with Crippen LogP contribution in [0, 0.1) is 6.92 Å². The Bertz CT molecular complexity index is 2530. The summed E-state index contributed by atoms with van der Waals surface area (Å²) in [5.74, 6) is 0. The number of rotatable bonds is 2. The molecular weight excluding hydrogens is 534 g/mol. The molecule has 0 fully saturated rings. The second-order valence-electron chi connectivity index (χ2n) is 11.2. The third kappa shape index (κ3) is 3.33. The average molecular weight is 558 g/mol. The van der Waals surface area contributed by atoms with E-state index in [4.69, 9.17) is 16.0 Å². The maximum Gasteiger partial charge on any atom is 0.137 e. The number of hydrogen-bond donors (Lipinski definition) is 0. The fourth-order valence-electron chi connectivity index (χ4n) is 6.89. The van der Waals surface area contributed by atoms with Crippen LogP contribution in [0.1, 0.15) is 5.56 Å². The van der Waals surface area contributed by atoms with Crippen LogP contribution in [-0.4, -0.2) is 4.57 Å². The number of aryl methyl sites for hydroxylation is 1. The van der Waals surface area contributed by atoms with E-state index in [1.54, 1.807) is 0 Å². The molecule has 0 aliphatic carbocycles. The summed E-state index contributed by atoms with van der Waals surface area (Å²) in [5, 5.41) is 10.4. The number of nitrogens with zero attached hydrogens (tertiary/aromatic N) is 1. The molecule has 0 spiro atoms. The molecule has 0 atom stereocenters. The van der Waals surface area contributed by atoms with Crippen molar-refractivity contribution in [2.24, 2.45) is 0 Å². The van der Waals surface area contributed by atoms with E-state index in [1.165, 1.54) is 43.4 Å². The van der Waals surface area contributed by atoms with Crippen LogP contribution in [0.3, 0.4) is 0 Å². The van der Waals surface area contributed by atoms with Crippen LogP contribution in [0.2, 0.25) is 5.02 Å². The number of benzene rings is 7. The minimum atomic E-state index is 0.746. The number of halogens is 1. The summed E-state index contributed by atoms with van der Waals surface area (Å²) in [6.07, 6.45) is 0. The van der Waals surface area contributed by atoms with Crippen LogP contribution < -0.4 is 0 Å². The van der Waals surface area contributed by atoms with Crippen molar-refractivity contribution in [1.82, 2.24) is 4.57 Å². The highest BCUT2D eigenvalue weighted by Gasteiger charge is 2.20. The van der Waals surface area contributed by atoms with E-state index in [-0.39, 0.29) is 0 Å². The van der Waals surface area contributed by atoms with E-state index in [9.17, 15) is 0 Å². The average Bonchev–Trinajstić information content (AvgIpc) is 3.55. The summed E-state index contributed by atoms with van der Waals surface area (Å²) < 4.78 is 8.79. The van der Waals surface area contributed by atoms with Crippen LogP contribution in [0.15, 0.2) is 132 Å². The number of hydrogen-bond acceptors (Lipinski definition) is 1. The molecule has 0 saturated heterocycles. The van der Waals surface area contributed by atoms with Gasteiger partial charge in [-0.2, -0.15) is 0 Å². The molecule has 0 saturated carbocycles. The maximum atomic E-state index is 6.60. The predicted molar refractivity (Wildman–Crippen MR) is 178 cm³/mol. The number of furan rings is 1. The molecule has 0 amide bonds.